The second kappa shape index (κ2) is 4.59. The highest BCUT2D eigenvalue weighted by molar-refractivity contribution is 7.22. The number of thiophene rings is 1. The maximum absolute atomic E-state index is 9.34. The highest BCUT2D eigenvalue weighted by Crippen LogP contribution is 2.38. The van der Waals surface area contributed by atoms with Gasteiger partial charge in [-0.05, 0) is 60.3 Å². The third-order valence-electron chi connectivity index (χ3n) is 3.26. The summed E-state index contributed by atoms with van der Waals surface area (Å²) in [4.78, 5) is 1.20. The highest BCUT2D eigenvalue weighted by Gasteiger charge is 2.09. The van der Waals surface area contributed by atoms with Crippen LogP contribution in [0.5, 0.6) is 11.5 Å². The number of methoxy groups -OCH3 is 1. The van der Waals surface area contributed by atoms with E-state index in [-0.39, 0.29) is 0 Å². The van der Waals surface area contributed by atoms with E-state index in [4.69, 9.17) is 4.74 Å². The van der Waals surface area contributed by atoms with Gasteiger partial charge < -0.3 is 9.84 Å². The van der Waals surface area contributed by atoms with Crippen molar-refractivity contribution in [3.8, 4) is 21.9 Å². The lowest BCUT2D eigenvalue weighted by atomic mass is 10.1. The predicted molar refractivity (Wildman–Crippen MR) is 80.2 cm³/mol. The maximum atomic E-state index is 9.34. The summed E-state index contributed by atoms with van der Waals surface area (Å²) in [6.07, 6.45) is 0. The number of phenols is 1. The molecule has 0 aliphatic heterocycles. The zero-order chi connectivity index (χ0) is 13.4. The van der Waals surface area contributed by atoms with Gasteiger partial charge in [-0.1, -0.05) is 0 Å². The van der Waals surface area contributed by atoms with Crippen LogP contribution in [0, 0.1) is 6.92 Å². The first kappa shape index (κ1) is 12.1. The molecule has 0 aliphatic rings. The maximum Gasteiger partial charge on any atom is 0.123 e. The summed E-state index contributed by atoms with van der Waals surface area (Å²) >= 11 is 1.75. The molecule has 0 saturated carbocycles. The summed E-state index contributed by atoms with van der Waals surface area (Å²) in [6, 6.07) is 13.6. The number of benzene rings is 2. The molecule has 0 radical (unpaired) electrons. The van der Waals surface area contributed by atoms with Crippen LogP contribution in [0.15, 0.2) is 42.5 Å². The Morgan fingerprint density at radius 1 is 1.05 bits per heavy atom. The molecular formula is C16H14O2S. The fourth-order valence-electron chi connectivity index (χ4n) is 2.21. The second-order valence-electron chi connectivity index (χ2n) is 4.47. The van der Waals surface area contributed by atoms with Crippen molar-refractivity contribution in [2.24, 2.45) is 0 Å². The molecule has 0 unspecified atom stereocenters. The Kier molecular flexibility index (Phi) is 2.91. The number of fused-ring (bicyclic) bond motifs is 1. The van der Waals surface area contributed by atoms with Crippen molar-refractivity contribution in [2.45, 2.75) is 6.92 Å². The standard InChI is InChI=1S/C16H14O2S/c1-10-14(18-2)8-5-12-9-15(19-16(10)12)11-3-6-13(17)7-4-11/h3-9,17H,1-2H3. The fraction of sp³-hybridized carbons (Fsp3) is 0.125. The van der Waals surface area contributed by atoms with Crippen LogP contribution in [-0.4, -0.2) is 12.2 Å². The van der Waals surface area contributed by atoms with Gasteiger partial charge in [0, 0.05) is 15.1 Å². The average molecular weight is 270 g/mol. The van der Waals surface area contributed by atoms with Crippen molar-refractivity contribution < 1.29 is 9.84 Å². The Morgan fingerprint density at radius 2 is 1.79 bits per heavy atom. The quantitative estimate of drug-likeness (QED) is 0.738. The average Bonchev–Trinajstić information content (AvgIpc) is 2.85. The zero-order valence-electron chi connectivity index (χ0n) is 10.8. The van der Waals surface area contributed by atoms with Gasteiger partial charge in [0.15, 0.2) is 0 Å². The van der Waals surface area contributed by atoms with Crippen LogP contribution >= 0.6 is 11.3 Å². The number of aryl methyl sites for hydroxylation is 1. The second-order valence-corrected chi connectivity index (χ2v) is 5.52. The number of hydrogen-bond donors (Lipinski definition) is 1. The lowest BCUT2D eigenvalue weighted by Gasteiger charge is -2.04. The van der Waals surface area contributed by atoms with Gasteiger partial charge in [-0.3, -0.25) is 0 Å². The van der Waals surface area contributed by atoms with Gasteiger partial charge in [-0.15, -0.1) is 11.3 Å². The molecule has 19 heavy (non-hydrogen) atoms. The molecule has 1 heterocycles. The monoisotopic (exact) mass is 270 g/mol. The van der Waals surface area contributed by atoms with Crippen LogP contribution in [-0.2, 0) is 0 Å². The van der Waals surface area contributed by atoms with Crippen molar-refractivity contribution in [3.05, 3.63) is 48.0 Å². The third-order valence-corrected chi connectivity index (χ3v) is 4.58. The lowest BCUT2D eigenvalue weighted by Crippen LogP contribution is -1.85. The van der Waals surface area contributed by atoms with E-state index in [1.807, 2.05) is 18.2 Å². The molecule has 3 rings (SSSR count). The summed E-state index contributed by atoms with van der Waals surface area (Å²) in [5.41, 5.74) is 2.30. The van der Waals surface area contributed by atoms with Gasteiger partial charge in [0.2, 0.25) is 0 Å². The zero-order valence-corrected chi connectivity index (χ0v) is 11.6. The van der Waals surface area contributed by atoms with E-state index < -0.39 is 0 Å². The summed E-state index contributed by atoms with van der Waals surface area (Å²) in [5, 5.41) is 10.6. The lowest BCUT2D eigenvalue weighted by molar-refractivity contribution is 0.412. The van der Waals surface area contributed by atoms with E-state index in [0.717, 1.165) is 11.3 Å². The molecule has 3 aromatic rings. The number of hydrogen-bond acceptors (Lipinski definition) is 3. The number of rotatable bonds is 2. The van der Waals surface area contributed by atoms with E-state index in [9.17, 15) is 5.11 Å². The van der Waals surface area contributed by atoms with Gasteiger partial charge in [0.1, 0.15) is 11.5 Å². The first-order valence-electron chi connectivity index (χ1n) is 6.05. The van der Waals surface area contributed by atoms with Crippen LogP contribution in [0.1, 0.15) is 5.56 Å². The summed E-state index contributed by atoms with van der Waals surface area (Å²) in [5.74, 6) is 1.22. The van der Waals surface area contributed by atoms with Crippen LogP contribution in [0.25, 0.3) is 20.5 Å². The largest absolute Gasteiger partial charge is 0.508 e. The van der Waals surface area contributed by atoms with Crippen molar-refractivity contribution in [1.29, 1.82) is 0 Å². The van der Waals surface area contributed by atoms with Crippen molar-refractivity contribution >= 4 is 21.4 Å². The van der Waals surface area contributed by atoms with Crippen molar-refractivity contribution in [2.75, 3.05) is 7.11 Å². The Bertz CT molecular complexity index is 726. The van der Waals surface area contributed by atoms with Gasteiger partial charge in [-0.25, -0.2) is 0 Å². The molecule has 0 saturated heterocycles. The van der Waals surface area contributed by atoms with E-state index in [0.29, 0.717) is 5.75 Å². The smallest absolute Gasteiger partial charge is 0.123 e. The molecule has 2 aromatic carbocycles. The topological polar surface area (TPSA) is 29.5 Å². The van der Waals surface area contributed by atoms with Gasteiger partial charge in [0.25, 0.3) is 0 Å². The Balaban J connectivity index is 2.16. The molecule has 3 heteroatoms. The SMILES string of the molecule is COc1ccc2cc(-c3ccc(O)cc3)sc2c1C. The first-order chi connectivity index (χ1) is 9.19. The summed E-state index contributed by atoms with van der Waals surface area (Å²) in [7, 11) is 1.70. The highest BCUT2D eigenvalue weighted by atomic mass is 32.1. The van der Waals surface area contributed by atoms with E-state index in [1.54, 1.807) is 30.6 Å². The minimum atomic E-state index is 0.294. The van der Waals surface area contributed by atoms with E-state index >= 15 is 0 Å². The molecule has 96 valence electrons. The molecule has 0 spiro atoms. The van der Waals surface area contributed by atoms with Crippen LogP contribution in [0.3, 0.4) is 0 Å². The summed E-state index contributed by atoms with van der Waals surface area (Å²) in [6.45, 7) is 2.08. The molecule has 1 aromatic heterocycles. The van der Waals surface area contributed by atoms with Crippen LogP contribution in [0.2, 0.25) is 0 Å². The Morgan fingerprint density at radius 3 is 2.47 bits per heavy atom. The predicted octanol–water partition coefficient (Wildman–Crippen LogP) is 4.59. The van der Waals surface area contributed by atoms with Crippen LogP contribution < -0.4 is 4.74 Å². The molecule has 0 fully saturated rings. The molecule has 2 nitrogen and oxygen atoms in total. The normalized spacial score (nSPS) is 10.8. The molecule has 1 N–H and O–H groups in total. The number of ether oxygens (including phenoxy) is 1. The van der Waals surface area contributed by atoms with Crippen LogP contribution in [0.4, 0.5) is 0 Å². The molecule has 0 aliphatic carbocycles. The Labute approximate surface area is 115 Å². The first-order valence-corrected chi connectivity index (χ1v) is 6.87. The van der Waals surface area contributed by atoms with Crippen molar-refractivity contribution in [1.82, 2.24) is 0 Å². The van der Waals surface area contributed by atoms with Gasteiger partial charge in [0.05, 0.1) is 7.11 Å². The van der Waals surface area contributed by atoms with Crippen molar-refractivity contribution in [3.63, 3.8) is 0 Å². The fourth-order valence-corrected chi connectivity index (χ4v) is 3.37. The Hall–Kier alpha value is -2.00. The molecule has 0 amide bonds. The van der Waals surface area contributed by atoms with E-state index in [2.05, 4.69) is 19.1 Å². The number of phenolic OH excluding ortho intramolecular Hbond substituents is 1. The summed E-state index contributed by atoms with van der Waals surface area (Å²) < 4.78 is 6.61. The molecule has 0 bridgehead atoms. The molecule has 0 atom stereocenters. The minimum Gasteiger partial charge on any atom is -0.508 e. The van der Waals surface area contributed by atoms with Gasteiger partial charge >= 0.3 is 0 Å². The number of aromatic hydroxyl groups is 1. The third kappa shape index (κ3) is 2.06. The minimum absolute atomic E-state index is 0.294. The van der Waals surface area contributed by atoms with Gasteiger partial charge in [-0.2, -0.15) is 0 Å². The van der Waals surface area contributed by atoms with E-state index in [1.165, 1.54) is 20.5 Å². The molecular weight excluding hydrogens is 256 g/mol.